The largest absolute Gasteiger partial charge is 0.362 e. The quantitative estimate of drug-likeness (QED) is 0.848. The number of nitrogens with zero attached hydrogens (tertiary/aromatic N) is 1. The van der Waals surface area contributed by atoms with Crippen LogP contribution in [0.2, 0.25) is 0 Å². The average Bonchev–Trinajstić information content (AvgIpc) is 2.91. The summed E-state index contributed by atoms with van der Waals surface area (Å²) in [7, 11) is 0. The van der Waals surface area contributed by atoms with Crippen molar-refractivity contribution < 1.29 is 0 Å². The van der Waals surface area contributed by atoms with Crippen molar-refractivity contribution in [3.63, 3.8) is 0 Å². The molecule has 4 nitrogen and oxygen atoms in total. The lowest BCUT2D eigenvalue weighted by molar-refractivity contribution is 0.679. The van der Waals surface area contributed by atoms with Crippen LogP contribution in [-0.2, 0) is 0 Å². The van der Waals surface area contributed by atoms with Gasteiger partial charge in [0, 0.05) is 16.9 Å². The number of anilines is 1. The van der Waals surface area contributed by atoms with Gasteiger partial charge in [0.1, 0.15) is 11.6 Å². The topological polar surface area (TPSA) is 57.8 Å². The Kier molecular flexibility index (Phi) is 4.95. The predicted molar refractivity (Wildman–Crippen MR) is 84.5 cm³/mol. The van der Waals surface area contributed by atoms with Crippen molar-refractivity contribution in [2.75, 3.05) is 5.32 Å². The minimum Gasteiger partial charge on any atom is -0.362 e. The van der Waals surface area contributed by atoms with E-state index in [1.165, 1.54) is 10.9 Å². The molecule has 2 N–H and O–H groups in total. The van der Waals surface area contributed by atoms with Gasteiger partial charge < -0.3 is 10.3 Å². The molecule has 0 saturated heterocycles. The summed E-state index contributed by atoms with van der Waals surface area (Å²) in [6, 6.07) is 5.92. The van der Waals surface area contributed by atoms with Crippen LogP contribution in [0.1, 0.15) is 56.3 Å². The molecule has 2 heterocycles. The molecule has 0 radical (unpaired) electrons. The molecule has 0 aromatic carbocycles. The van der Waals surface area contributed by atoms with E-state index in [4.69, 9.17) is 0 Å². The van der Waals surface area contributed by atoms with Crippen molar-refractivity contribution in [2.24, 2.45) is 0 Å². The van der Waals surface area contributed by atoms with E-state index < -0.39 is 0 Å². The Morgan fingerprint density at radius 3 is 2.85 bits per heavy atom. The zero-order valence-electron chi connectivity index (χ0n) is 12.1. The van der Waals surface area contributed by atoms with E-state index in [0.29, 0.717) is 5.82 Å². The Morgan fingerprint density at radius 1 is 1.45 bits per heavy atom. The van der Waals surface area contributed by atoms with E-state index in [0.717, 1.165) is 18.7 Å². The highest BCUT2D eigenvalue weighted by molar-refractivity contribution is 7.10. The summed E-state index contributed by atoms with van der Waals surface area (Å²) in [6.07, 6.45) is 2.10. The van der Waals surface area contributed by atoms with Crippen molar-refractivity contribution in [3.8, 4) is 0 Å². The molecule has 1 unspecified atom stereocenters. The number of nitrogens with one attached hydrogen (secondary N) is 2. The highest BCUT2D eigenvalue weighted by Gasteiger charge is 2.13. The molecule has 5 heteroatoms. The molecule has 2 aromatic rings. The molecular formula is C15H21N3OS. The van der Waals surface area contributed by atoms with Crippen LogP contribution in [0, 0.1) is 0 Å². The number of aromatic amines is 1. The van der Waals surface area contributed by atoms with Crippen LogP contribution in [0.15, 0.2) is 28.4 Å². The van der Waals surface area contributed by atoms with Gasteiger partial charge in [-0.25, -0.2) is 4.98 Å². The first kappa shape index (κ1) is 14.8. The molecule has 0 bridgehead atoms. The minimum absolute atomic E-state index is 0.104. The highest BCUT2D eigenvalue weighted by atomic mass is 32.1. The minimum atomic E-state index is -0.104. The third-order valence-corrected chi connectivity index (χ3v) is 4.08. The van der Waals surface area contributed by atoms with E-state index >= 15 is 0 Å². The van der Waals surface area contributed by atoms with Gasteiger partial charge in [0.2, 0.25) is 0 Å². The van der Waals surface area contributed by atoms with Gasteiger partial charge in [-0.15, -0.1) is 11.3 Å². The molecule has 0 saturated carbocycles. The van der Waals surface area contributed by atoms with Gasteiger partial charge in [0.25, 0.3) is 5.56 Å². The zero-order valence-corrected chi connectivity index (χ0v) is 13.0. The molecule has 0 amide bonds. The summed E-state index contributed by atoms with van der Waals surface area (Å²) in [6.45, 7) is 6.20. The first-order valence-corrected chi connectivity index (χ1v) is 7.89. The summed E-state index contributed by atoms with van der Waals surface area (Å²) in [5, 5.41) is 5.47. The molecule has 2 rings (SSSR count). The second kappa shape index (κ2) is 6.70. The lowest BCUT2D eigenvalue weighted by atomic mass is 10.1. The van der Waals surface area contributed by atoms with Crippen LogP contribution in [0.5, 0.6) is 0 Å². The van der Waals surface area contributed by atoms with Crippen LogP contribution in [0.25, 0.3) is 0 Å². The fourth-order valence-electron chi connectivity index (χ4n) is 2.07. The summed E-state index contributed by atoms with van der Waals surface area (Å²) < 4.78 is 0. The fourth-order valence-corrected chi connectivity index (χ4v) is 2.88. The van der Waals surface area contributed by atoms with Gasteiger partial charge in [-0.1, -0.05) is 33.3 Å². The predicted octanol–water partition coefficient (Wildman–Crippen LogP) is 3.91. The van der Waals surface area contributed by atoms with Gasteiger partial charge in [-0.05, 0) is 17.9 Å². The number of hydrogen-bond acceptors (Lipinski definition) is 4. The smallest absolute Gasteiger partial charge is 0.252 e. The van der Waals surface area contributed by atoms with Crippen molar-refractivity contribution >= 4 is 17.2 Å². The molecular weight excluding hydrogens is 270 g/mol. The Morgan fingerprint density at radius 2 is 2.25 bits per heavy atom. The van der Waals surface area contributed by atoms with Gasteiger partial charge in [-0.2, -0.15) is 0 Å². The summed E-state index contributed by atoms with van der Waals surface area (Å²) in [5.74, 6) is 1.58. The lowest BCUT2D eigenvalue weighted by Gasteiger charge is -2.18. The molecule has 108 valence electrons. The van der Waals surface area contributed by atoms with Gasteiger partial charge in [0.05, 0.1) is 6.04 Å². The second-order valence-electron chi connectivity index (χ2n) is 5.17. The Hall–Kier alpha value is -1.62. The molecule has 0 fully saturated rings. The van der Waals surface area contributed by atoms with Crippen molar-refractivity contribution in [1.29, 1.82) is 0 Å². The molecule has 0 spiro atoms. The molecule has 20 heavy (non-hydrogen) atoms. The number of hydrogen-bond donors (Lipinski definition) is 2. The third-order valence-electron chi connectivity index (χ3n) is 3.09. The average molecular weight is 291 g/mol. The SMILES string of the molecule is CCCC(Nc1cc(=O)[nH]c(C(C)C)n1)c1cccs1. The molecule has 0 aliphatic heterocycles. The van der Waals surface area contributed by atoms with E-state index in [9.17, 15) is 4.79 Å². The molecule has 0 aliphatic carbocycles. The summed E-state index contributed by atoms with van der Waals surface area (Å²) in [4.78, 5) is 20.3. The standard InChI is InChI=1S/C15H21N3OS/c1-4-6-11(12-7-5-8-20-12)16-13-9-14(19)18-15(17-13)10(2)3/h5,7-11H,4,6H2,1-3H3,(H2,16,17,18,19). The van der Waals surface area contributed by atoms with Crippen molar-refractivity contribution in [1.82, 2.24) is 9.97 Å². The summed E-state index contributed by atoms with van der Waals surface area (Å²) >= 11 is 1.73. The lowest BCUT2D eigenvalue weighted by Crippen LogP contribution is -2.17. The van der Waals surface area contributed by atoms with Crippen LogP contribution in [0.4, 0.5) is 5.82 Å². The maximum atomic E-state index is 11.7. The zero-order chi connectivity index (χ0) is 14.5. The van der Waals surface area contributed by atoms with E-state index in [1.807, 2.05) is 13.8 Å². The second-order valence-corrected chi connectivity index (χ2v) is 6.15. The fraction of sp³-hybridized carbons (Fsp3) is 0.467. The highest BCUT2D eigenvalue weighted by Crippen LogP contribution is 2.26. The van der Waals surface area contributed by atoms with Gasteiger partial charge >= 0.3 is 0 Å². The van der Waals surface area contributed by atoms with Crippen molar-refractivity contribution in [2.45, 2.75) is 45.6 Å². The normalized spacial score (nSPS) is 12.6. The van der Waals surface area contributed by atoms with E-state index in [2.05, 4.69) is 39.7 Å². The van der Waals surface area contributed by atoms with Crippen LogP contribution in [0.3, 0.4) is 0 Å². The van der Waals surface area contributed by atoms with E-state index in [1.54, 1.807) is 11.3 Å². The number of thiophene rings is 1. The molecule has 0 aliphatic rings. The number of H-pyrrole nitrogens is 1. The van der Waals surface area contributed by atoms with Gasteiger partial charge in [0.15, 0.2) is 0 Å². The van der Waals surface area contributed by atoms with Gasteiger partial charge in [-0.3, -0.25) is 4.79 Å². The maximum absolute atomic E-state index is 11.7. The molecule has 1 atom stereocenters. The van der Waals surface area contributed by atoms with E-state index in [-0.39, 0.29) is 17.5 Å². The first-order chi connectivity index (χ1) is 9.60. The van der Waals surface area contributed by atoms with Crippen LogP contribution in [-0.4, -0.2) is 9.97 Å². The summed E-state index contributed by atoms with van der Waals surface area (Å²) in [5.41, 5.74) is -0.104. The number of aromatic nitrogens is 2. The Balaban J connectivity index is 2.24. The number of rotatable bonds is 6. The monoisotopic (exact) mass is 291 g/mol. The van der Waals surface area contributed by atoms with Crippen molar-refractivity contribution in [3.05, 3.63) is 44.6 Å². The third kappa shape index (κ3) is 3.70. The Labute approximate surface area is 123 Å². The van der Waals surface area contributed by atoms with Crippen LogP contribution < -0.4 is 10.9 Å². The first-order valence-electron chi connectivity index (χ1n) is 7.01. The maximum Gasteiger partial charge on any atom is 0.252 e. The Bertz CT molecular complexity index is 589. The van der Waals surface area contributed by atoms with Crippen LogP contribution >= 0.6 is 11.3 Å². The molecule has 2 aromatic heterocycles.